The zero-order valence-electron chi connectivity index (χ0n) is 15.0. The van der Waals surface area contributed by atoms with Crippen LogP contribution in [0.1, 0.15) is 12.0 Å². The predicted molar refractivity (Wildman–Crippen MR) is 101 cm³/mol. The molecule has 0 fully saturated rings. The third-order valence-corrected chi connectivity index (χ3v) is 6.34. The van der Waals surface area contributed by atoms with Crippen LogP contribution in [0, 0.1) is 10.1 Å². The van der Waals surface area contributed by atoms with Gasteiger partial charge in [0.05, 0.1) is 18.1 Å². The number of ether oxygens (including phenoxy) is 1. The topological polar surface area (TPSA) is 107 Å². The molecule has 0 saturated heterocycles. The molecule has 0 spiro atoms. The Kier molecular flexibility index (Phi) is 5.46. The monoisotopic (exact) mass is 402 g/mol. The van der Waals surface area contributed by atoms with Crippen LogP contribution in [0.15, 0.2) is 65.6 Å². The normalized spacial score (nSPS) is 16.8. The van der Waals surface area contributed by atoms with Crippen LogP contribution in [0.4, 0.5) is 5.69 Å². The lowest BCUT2D eigenvalue weighted by atomic mass is 10.0. The summed E-state index contributed by atoms with van der Waals surface area (Å²) in [6.45, 7) is 0. The molecule has 8 nitrogen and oxygen atoms in total. The molecule has 0 bridgehead atoms. The summed E-state index contributed by atoms with van der Waals surface area (Å²) in [5.41, 5.74) is 0.254. The van der Waals surface area contributed by atoms with Crippen molar-refractivity contribution in [2.45, 2.75) is 23.8 Å². The van der Waals surface area contributed by atoms with E-state index in [9.17, 15) is 23.3 Å². The number of nitrogens with zero attached hydrogens (tertiary/aromatic N) is 2. The SMILES string of the molecule is COc1ccc(CC2CC=CC(=O)N2S(=O)(=O)c2ccccc2[N+](=O)[O-])cc1. The number of hydrogen-bond donors (Lipinski definition) is 0. The molecule has 146 valence electrons. The highest BCUT2D eigenvalue weighted by atomic mass is 32.2. The molecule has 0 radical (unpaired) electrons. The van der Waals surface area contributed by atoms with E-state index in [4.69, 9.17) is 4.74 Å². The van der Waals surface area contributed by atoms with Gasteiger partial charge in [-0.15, -0.1) is 0 Å². The molecule has 1 unspecified atom stereocenters. The number of carbonyl (C=O) groups excluding carboxylic acids is 1. The van der Waals surface area contributed by atoms with Crippen LogP contribution in [-0.2, 0) is 21.2 Å². The Hall–Kier alpha value is -3.20. The van der Waals surface area contributed by atoms with Gasteiger partial charge in [0.15, 0.2) is 4.90 Å². The van der Waals surface area contributed by atoms with Crippen molar-refractivity contribution < 1.29 is 22.9 Å². The van der Waals surface area contributed by atoms with E-state index in [1.165, 1.54) is 18.2 Å². The Bertz CT molecular complexity index is 1030. The van der Waals surface area contributed by atoms with Crippen molar-refractivity contribution in [3.05, 3.63) is 76.4 Å². The van der Waals surface area contributed by atoms with Gasteiger partial charge in [0.1, 0.15) is 5.75 Å². The Morgan fingerprint density at radius 3 is 2.50 bits per heavy atom. The number of para-hydroxylation sites is 1. The van der Waals surface area contributed by atoms with Crippen LogP contribution in [0.5, 0.6) is 5.75 Å². The lowest BCUT2D eigenvalue weighted by Crippen LogP contribution is -2.46. The number of nitro benzene ring substituents is 1. The molecule has 1 atom stereocenters. The van der Waals surface area contributed by atoms with Crippen LogP contribution in [-0.4, -0.2) is 36.7 Å². The van der Waals surface area contributed by atoms with E-state index in [0.29, 0.717) is 12.2 Å². The molecule has 1 heterocycles. The molecule has 1 aliphatic heterocycles. The second-order valence-electron chi connectivity index (χ2n) is 6.21. The van der Waals surface area contributed by atoms with E-state index in [1.807, 2.05) is 0 Å². The van der Waals surface area contributed by atoms with Crippen molar-refractivity contribution in [2.24, 2.45) is 0 Å². The van der Waals surface area contributed by atoms with E-state index >= 15 is 0 Å². The highest BCUT2D eigenvalue weighted by Crippen LogP contribution is 2.31. The van der Waals surface area contributed by atoms with Crippen molar-refractivity contribution >= 4 is 21.6 Å². The van der Waals surface area contributed by atoms with Crippen LogP contribution < -0.4 is 4.74 Å². The second kappa shape index (κ2) is 7.81. The van der Waals surface area contributed by atoms with E-state index in [0.717, 1.165) is 22.0 Å². The Labute approximate surface area is 162 Å². The van der Waals surface area contributed by atoms with Gasteiger partial charge in [-0.2, -0.15) is 0 Å². The lowest BCUT2D eigenvalue weighted by molar-refractivity contribution is -0.387. The van der Waals surface area contributed by atoms with Gasteiger partial charge in [0.2, 0.25) is 0 Å². The molecule has 0 aliphatic carbocycles. The van der Waals surface area contributed by atoms with Gasteiger partial charge in [-0.1, -0.05) is 30.3 Å². The molecule has 0 saturated carbocycles. The highest BCUT2D eigenvalue weighted by molar-refractivity contribution is 7.89. The Morgan fingerprint density at radius 2 is 1.86 bits per heavy atom. The first-order chi connectivity index (χ1) is 13.3. The molecule has 1 amide bonds. The number of benzene rings is 2. The van der Waals surface area contributed by atoms with Gasteiger partial charge in [0, 0.05) is 12.1 Å². The summed E-state index contributed by atoms with van der Waals surface area (Å²) >= 11 is 0. The summed E-state index contributed by atoms with van der Waals surface area (Å²) in [5.74, 6) is -0.0596. The minimum absolute atomic E-state index is 0.278. The van der Waals surface area contributed by atoms with Crippen LogP contribution in [0.3, 0.4) is 0 Å². The fourth-order valence-electron chi connectivity index (χ4n) is 3.12. The number of carbonyl (C=O) groups is 1. The van der Waals surface area contributed by atoms with Crippen molar-refractivity contribution in [2.75, 3.05) is 7.11 Å². The summed E-state index contributed by atoms with van der Waals surface area (Å²) in [7, 11) is -2.86. The molecular weight excluding hydrogens is 384 g/mol. The zero-order valence-corrected chi connectivity index (χ0v) is 15.8. The number of methoxy groups -OCH3 is 1. The standard InChI is InChI=1S/C19H18N2O6S/c1-27-16-11-9-14(10-12-16)13-15-5-4-8-19(22)20(15)28(25,26)18-7-3-2-6-17(18)21(23)24/h2-4,6-12,15H,5,13H2,1H3. The molecule has 1 aliphatic rings. The van der Waals surface area contributed by atoms with Crippen LogP contribution >= 0.6 is 0 Å². The van der Waals surface area contributed by atoms with Gasteiger partial charge in [-0.05, 0) is 36.6 Å². The smallest absolute Gasteiger partial charge is 0.289 e. The van der Waals surface area contributed by atoms with Crippen molar-refractivity contribution in [1.29, 1.82) is 0 Å². The predicted octanol–water partition coefficient (Wildman–Crippen LogP) is 2.69. The summed E-state index contributed by atoms with van der Waals surface area (Å²) in [6, 6.07) is 11.4. The molecule has 2 aromatic carbocycles. The Morgan fingerprint density at radius 1 is 1.18 bits per heavy atom. The minimum atomic E-state index is -4.40. The molecule has 0 aromatic heterocycles. The van der Waals surface area contributed by atoms with E-state index in [2.05, 4.69) is 0 Å². The van der Waals surface area contributed by atoms with E-state index in [-0.39, 0.29) is 6.42 Å². The van der Waals surface area contributed by atoms with Gasteiger partial charge >= 0.3 is 0 Å². The molecule has 2 aromatic rings. The number of hydrogen-bond acceptors (Lipinski definition) is 6. The molecule has 9 heteroatoms. The highest BCUT2D eigenvalue weighted by Gasteiger charge is 2.39. The van der Waals surface area contributed by atoms with Crippen molar-refractivity contribution in [3.8, 4) is 5.75 Å². The van der Waals surface area contributed by atoms with Crippen molar-refractivity contribution in [3.63, 3.8) is 0 Å². The van der Waals surface area contributed by atoms with Crippen LogP contribution in [0.2, 0.25) is 0 Å². The molecular formula is C19H18N2O6S. The maximum Gasteiger partial charge on any atom is 0.289 e. The summed E-state index contributed by atoms with van der Waals surface area (Å²) < 4.78 is 32.2. The number of rotatable bonds is 6. The van der Waals surface area contributed by atoms with Gasteiger partial charge < -0.3 is 4.74 Å². The maximum atomic E-state index is 13.2. The largest absolute Gasteiger partial charge is 0.497 e. The van der Waals surface area contributed by atoms with Gasteiger partial charge in [0.25, 0.3) is 21.6 Å². The van der Waals surface area contributed by atoms with Gasteiger partial charge in [-0.3, -0.25) is 14.9 Å². The third kappa shape index (κ3) is 3.74. The first-order valence-corrected chi connectivity index (χ1v) is 9.90. The van der Waals surface area contributed by atoms with Crippen LogP contribution in [0.25, 0.3) is 0 Å². The maximum absolute atomic E-state index is 13.2. The quantitative estimate of drug-likeness (QED) is 0.543. The van der Waals surface area contributed by atoms with Gasteiger partial charge in [-0.25, -0.2) is 12.7 Å². The fraction of sp³-hybridized carbons (Fsp3) is 0.211. The molecule has 3 rings (SSSR count). The average molecular weight is 402 g/mol. The summed E-state index contributed by atoms with van der Waals surface area (Å²) in [5, 5.41) is 11.3. The van der Waals surface area contributed by atoms with Crippen molar-refractivity contribution in [1.82, 2.24) is 4.31 Å². The summed E-state index contributed by atoms with van der Waals surface area (Å²) in [4.78, 5) is 22.5. The number of nitro groups is 1. The summed E-state index contributed by atoms with van der Waals surface area (Å²) in [6.07, 6.45) is 3.39. The van der Waals surface area contributed by atoms with E-state index < -0.39 is 37.5 Å². The first-order valence-electron chi connectivity index (χ1n) is 8.46. The number of sulfonamides is 1. The second-order valence-corrected chi connectivity index (χ2v) is 7.99. The lowest BCUT2D eigenvalue weighted by Gasteiger charge is -2.32. The fourth-order valence-corrected chi connectivity index (χ4v) is 4.84. The first kappa shape index (κ1) is 19.6. The number of amides is 1. The molecule has 28 heavy (non-hydrogen) atoms. The minimum Gasteiger partial charge on any atom is -0.497 e. The Balaban J connectivity index is 1.99. The average Bonchev–Trinajstić information content (AvgIpc) is 2.68. The third-order valence-electron chi connectivity index (χ3n) is 4.45. The van der Waals surface area contributed by atoms with E-state index in [1.54, 1.807) is 37.5 Å². The molecule has 0 N–H and O–H groups in total. The zero-order chi connectivity index (χ0) is 20.3.